The lowest BCUT2D eigenvalue weighted by atomic mass is 10.0. The van der Waals surface area contributed by atoms with Crippen LogP contribution in [0.4, 0.5) is 5.95 Å². The van der Waals surface area contributed by atoms with Gasteiger partial charge in [-0.3, -0.25) is 9.88 Å². The van der Waals surface area contributed by atoms with Crippen LogP contribution in [0.1, 0.15) is 18.4 Å². The number of aromatic amines is 1. The first-order valence-electron chi connectivity index (χ1n) is 10.2. The number of hydrogen-bond donors (Lipinski definition) is 2. The third kappa shape index (κ3) is 4.01. The third-order valence-corrected chi connectivity index (χ3v) is 5.91. The summed E-state index contributed by atoms with van der Waals surface area (Å²) in [6.07, 6.45) is 9.50. The number of pyridine rings is 1. The van der Waals surface area contributed by atoms with E-state index in [4.69, 9.17) is 16.6 Å². The number of rotatable bonds is 5. The Morgan fingerprint density at radius 1 is 1.10 bits per heavy atom. The van der Waals surface area contributed by atoms with Gasteiger partial charge in [-0.25, -0.2) is 9.97 Å². The van der Waals surface area contributed by atoms with Crippen molar-refractivity contribution >= 4 is 28.5 Å². The molecule has 4 aromatic rings. The van der Waals surface area contributed by atoms with Gasteiger partial charge in [-0.1, -0.05) is 35.9 Å². The number of hydrogen-bond acceptors (Lipinski definition) is 5. The van der Waals surface area contributed by atoms with Crippen LogP contribution < -0.4 is 5.32 Å². The van der Waals surface area contributed by atoms with Crippen molar-refractivity contribution in [1.29, 1.82) is 0 Å². The zero-order valence-corrected chi connectivity index (χ0v) is 17.3. The molecule has 0 amide bonds. The first-order valence-corrected chi connectivity index (χ1v) is 10.6. The van der Waals surface area contributed by atoms with E-state index in [1.54, 1.807) is 6.20 Å². The minimum absolute atomic E-state index is 0.354. The van der Waals surface area contributed by atoms with Gasteiger partial charge in [0.15, 0.2) is 0 Å². The Hall–Kier alpha value is -2.96. The molecule has 30 heavy (non-hydrogen) atoms. The van der Waals surface area contributed by atoms with Crippen LogP contribution in [0, 0.1) is 0 Å². The zero-order valence-electron chi connectivity index (χ0n) is 16.6. The van der Waals surface area contributed by atoms with Crippen molar-refractivity contribution < 1.29 is 0 Å². The molecule has 7 heteroatoms. The molecule has 0 unspecified atom stereocenters. The van der Waals surface area contributed by atoms with Gasteiger partial charge in [0.1, 0.15) is 0 Å². The van der Waals surface area contributed by atoms with Crippen LogP contribution in [-0.2, 0) is 6.54 Å². The molecule has 1 fully saturated rings. The molecule has 6 nitrogen and oxygen atoms in total. The van der Waals surface area contributed by atoms with Gasteiger partial charge in [-0.05, 0) is 30.5 Å². The van der Waals surface area contributed by atoms with Crippen molar-refractivity contribution in [1.82, 2.24) is 24.8 Å². The van der Waals surface area contributed by atoms with Gasteiger partial charge in [0.2, 0.25) is 5.95 Å². The van der Waals surface area contributed by atoms with Crippen molar-refractivity contribution in [2.75, 3.05) is 18.4 Å². The van der Waals surface area contributed by atoms with E-state index in [9.17, 15) is 0 Å². The number of piperidine rings is 1. The highest BCUT2D eigenvalue weighted by molar-refractivity contribution is 6.33. The molecule has 0 aliphatic carbocycles. The van der Waals surface area contributed by atoms with E-state index in [-0.39, 0.29) is 0 Å². The molecule has 4 heterocycles. The second-order valence-electron chi connectivity index (χ2n) is 7.69. The van der Waals surface area contributed by atoms with Crippen LogP contribution in [0.2, 0.25) is 5.02 Å². The molecule has 3 aromatic heterocycles. The van der Waals surface area contributed by atoms with Crippen LogP contribution in [0.5, 0.6) is 0 Å². The van der Waals surface area contributed by atoms with Gasteiger partial charge in [-0.15, -0.1) is 0 Å². The number of nitrogens with one attached hydrogen (secondary N) is 2. The average Bonchev–Trinajstić information content (AvgIpc) is 3.21. The number of benzene rings is 1. The summed E-state index contributed by atoms with van der Waals surface area (Å²) in [6, 6.07) is 12.6. The maximum atomic E-state index is 6.45. The van der Waals surface area contributed by atoms with E-state index in [1.165, 1.54) is 5.56 Å². The summed E-state index contributed by atoms with van der Waals surface area (Å²) in [7, 11) is 0. The van der Waals surface area contributed by atoms with Crippen molar-refractivity contribution in [2.24, 2.45) is 0 Å². The monoisotopic (exact) mass is 418 g/mol. The topological polar surface area (TPSA) is 69.7 Å². The number of para-hydroxylation sites is 1. The molecular formula is C23H23ClN6. The van der Waals surface area contributed by atoms with Gasteiger partial charge >= 0.3 is 0 Å². The van der Waals surface area contributed by atoms with Crippen LogP contribution in [0.15, 0.2) is 61.2 Å². The number of H-pyrrole nitrogens is 1. The third-order valence-electron chi connectivity index (χ3n) is 5.64. The van der Waals surface area contributed by atoms with Crippen LogP contribution >= 0.6 is 11.6 Å². The van der Waals surface area contributed by atoms with Crippen LogP contribution in [0.25, 0.3) is 22.2 Å². The molecular weight excluding hydrogens is 396 g/mol. The summed E-state index contributed by atoms with van der Waals surface area (Å²) in [5.41, 5.74) is 4.07. The normalized spacial score (nSPS) is 15.5. The van der Waals surface area contributed by atoms with Crippen molar-refractivity contribution in [3.05, 3.63) is 71.8 Å². The van der Waals surface area contributed by atoms with E-state index in [0.717, 1.165) is 54.6 Å². The minimum Gasteiger partial charge on any atom is -0.360 e. The Morgan fingerprint density at radius 2 is 1.97 bits per heavy atom. The van der Waals surface area contributed by atoms with Gasteiger partial charge in [0.25, 0.3) is 0 Å². The van der Waals surface area contributed by atoms with Crippen LogP contribution in [0.3, 0.4) is 0 Å². The van der Waals surface area contributed by atoms with E-state index in [2.05, 4.69) is 37.3 Å². The SMILES string of the molecule is Clc1cnc(NC2CCN(Cc3cccnc3)CC2)nc1-c1c[nH]c2ccccc12. The first-order chi connectivity index (χ1) is 14.8. The molecule has 152 valence electrons. The maximum Gasteiger partial charge on any atom is 0.223 e. The summed E-state index contributed by atoms with van der Waals surface area (Å²) in [5.74, 6) is 0.630. The number of likely N-dealkylation sites (tertiary alicyclic amines) is 1. The Balaban J connectivity index is 1.27. The summed E-state index contributed by atoms with van der Waals surface area (Å²) < 4.78 is 0. The molecule has 2 N–H and O–H groups in total. The number of anilines is 1. The lowest BCUT2D eigenvalue weighted by Crippen LogP contribution is -2.39. The second-order valence-corrected chi connectivity index (χ2v) is 8.10. The second kappa shape index (κ2) is 8.42. The Kier molecular flexibility index (Phi) is 5.34. The van der Waals surface area contributed by atoms with E-state index in [1.807, 2.05) is 42.9 Å². The fourth-order valence-electron chi connectivity index (χ4n) is 4.06. The Labute approximate surface area is 180 Å². The summed E-state index contributed by atoms with van der Waals surface area (Å²) in [4.78, 5) is 19.1. The Bertz CT molecular complexity index is 1130. The minimum atomic E-state index is 0.354. The fourth-order valence-corrected chi connectivity index (χ4v) is 4.25. The van der Waals surface area contributed by atoms with Gasteiger partial charge in [0.05, 0.1) is 16.9 Å². The zero-order chi connectivity index (χ0) is 20.3. The molecule has 1 saturated heterocycles. The van der Waals surface area contributed by atoms with Gasteiger partial charge in [0, 0.05) is 60.7 Å². The largest absolute Gasteiger partial charge is 0.360 e. The van der Waals surface area contributed by atoms with Gasteiger partial charge in [-0.2, -0.15) is 0 Å². The number of fused-ring (bicyclic) bond motifs is 1. The van der Waals surface area contributed by atoms with Gasteiger partial charge < -0.3 is 10.3 Å². The number of halogens is 1. The highest BCUT2D eigenvalue weighted by Gasteiger charge is 2.21. The van der Waals surface area contributed by atoms with Crippen molar-refractivity contribution in [2.45, 2.75) is 25.4 Å². The molecule has 0 saturated carbocycles. The first kappa shape index (κ1) is 19.0. The molecule has 0 spiro atoms. The predicted molar refractivity (Wildman–Crippen MR) is 120 cm³/mol. The van der Waals surface area contributed by atoms with E-state index in [0.29, 0.717) is 17.0 Å². The highest BCUT2D eigenvalue weighted by atomic mass is 35.5. The number of aromatic nitrogens is 4. The maximum absolute atomic E-state index is 6.45. The average molecular weight is 419 g/mol. The molecule has 1 aromatic carbocycles. The predicted octanol–water partition coefficient (Wildman–Crippen LogP) is 4.75. The molecule has 1 aliphatic rings. The molecule has 0 radical (unpaired) electrons. The summed E-state index contributed by atoms with van der Waals surface area (Å²) in [6.45, 7) is 3.02. The highest BCUT2D eigenvalue weighted by Crippen LogP contribution is 2.32. The smallest absolute Gasteiger partial charge is 0.223 e. The summed E-state index contributed by atoms with van der Waals surface area (Å²) in [5, 5.41) is 5.17. The van der Waals surface area contributed by atoms with Crippen molar-refractivity contribution in [3.63, 3.8) is 0 Å². The molecule has 5 rings (SSSR count). The van der Waals surface area contributed by atoms with E-state index < -0.39 is 0 Å². The molecule has 1 aliphatic heterocycles. The van der Waals surface area contributed by atoms with Crippen LogP contribution in [-0.4, -0.2) is 44.0 Å². The van der Waals surface area contributed by atoms with Crippen molar-refractivity contribution in [3.8, 4) is 11.3 Å². The number of nitrogens with zero attached hydrogens (tertiary/aromatic N) is 4. The molecule has 0 bridgehead atoms. The molecule has 0 atom stereocenters. The Morgan fingerprint density at radius 3 is 2.80 bits per heavy atom. The quantitative estimate of drug-likeness (QED) is 0.489. The standard InChI is InChI=1S/C23H23ClN6/c24-20-14-27-23(29-22(20)19-13-26-21-6-2-1-5-18(19)21)28-17-7-10-30(11-8-17)15-16-4-3-9-25-12-16/h1-6,9,12-14,17,26H,7-8,10-11,15H2,(H,27,28,29). The van der Waals surface area contributed by atoms with E-state index >= 15 is 0 Å². The summed E-state index contributed by atoms with van der Waals surface area (Å²) >= 11 is 6.45. The fraction of sp³-hybridized carbons (Fsp3) is 0.261. The lowest BCUT2D eigenvalue weighted by Gasteiger charge is -2.32. The lowest BCUT2D eigenvalue weighted by molar-refractivity contribution is 0.211.